The Balaban J connectivity index is 2.42. The minimum Gasteiger partial charge on any atom is -0.394 e. The fraction of sp³-hybridized carbons (Fsp3) is 1.00. The third-order valence-corrected chi connectivity index (χ3v) is 1.70. The number of aliphatic hydroxyl groups is 3. The maximum atomic E-state index is 9.10. The quantitative estimate of drug-likeness (QED) is 0.423. The van der Waals surface area contributed by atoms with Crippen LogP contribution in [-0.4, -0.2) is 46.8 Å². The Morgan fingerprint density at radius 3 is 2.60 bits per heavy atom. The van der Waals surface area contributed by atoms with E-state index in [-0.39, 0.29) is 6.61 Å². The summed E-state index contributed by atoms with van der Waals surface area (Å²) in [5.74, 6) is 0. The molecule has 0 unspecified atom stereocenters. The van der Waals surface area contributed by atoms with Gasteiger partial charge in [-0.25, -0.2) is 0 Å². The van der Waals surface area contributed by atoms with Gasteiger partial charge in [0.15, 0.2) is 0 Å². The van der Waals surface area contributed by atoms with E-state index in [1.54, 1.807) is 0 Å². The molecule has 10 heavy (non-hydrogen) atoms. The van der Waals surface area contributed by atoms with Crippen molar-refractivity contribution in [2.75, 3.05) is 13.2 Å². The lowest BCUT2D eigenvalue weighted by Gasteiger charge is -2.30. The monoisotopic (exact) mass is 148 g/mol. The highest BCUT2D eigenvalue weighted by Crippen LogP contribution is 2.13. The topological polar surface area (TPSA) is 69.9 Å². The fourth-order valence-electron chi connectivity index (χ4n) is 1.02. The zero-order valence-corrected chi connectivity index (χ0v) is 5.60. The van der Waals surface area contributed by atoms with Crippen LogP contribution in [0.5, 0.6) is 0 Å². The summed E-state index contributed by atoms with van der Waals surface area (Å²) >= 11 is 0. The Morgan fingerprint density at radius 1 is 1.40 bits per heavy atom. The summed E-state index contributed by atoms with van der Waals surface area (Å²) in [6.45, 7) is 0.168. The van der Waals surface area contributed by atoms with E-state index in [0.717, 1.165) is 0 Å². The molecule has 0 bridgehead atoms. The van der Waals surface area contributed by atoms with Crippen molar-refractivity contribution >= 4 is 0 Å². The summed E-state index contributed by atoms with van der Waals surface area (Å²) in [4.78, 5) is 0. The van der Waals surface area contributed by atoms with Crippen molar-refractivity contribution in [1.82, 2.24) is 0 Å². The van der Waals surface area contributed by atoms with Crippen molar-refractivity contribution in [2.45, 2.75) is 24.7 Å². The average molecular weight is 148 g/mol. The number of hydrogen-bond donors (Lipinski definition) is 3. The summed E-state index contributed by atoms with van der Waals surface area (Å²) in [5, 5.41) is 26.7. The lowest BCUT2D eigenvalue weighted by Crippen LogP contribution is -2.46. The van der Waals surface area contributed by atoms with Crippen molar-refractivity contribution < 1.29 is 20.1 Å². The van der Waals surface area contributed by atoms with Gasteiger partial charge in [-0.1, -0.05) is 0 Å². The molecule has 4 nitrogen and oxygen atoms in total. The van der Waals surface area contributed by atoms with Crippen LogP contribution in [-0.2, 0) is 4.74 Å². The predicted octanol–water partition coefficient (Wildman–Crippen LogP) is -1.51. The van der Waals surface area contributed by atoms with Gasteiger partial charge < -0.3 is 20.1 Å². The smallest absolute Gasteiger partial charge is 0.109 e. The molecule has 0 saturated carbocycles. The first-order valence-electron chi connectivity index (χ1n) is 3.34. The van der Waals surface area contributed by atoms with Crippen molar-refractivity contribution in [3.63, 3.8) is 0 Å². The molecule has 3 N–H and O–H groups in total. The Morgan fingerprint density at radius 2 is 2.10 bits per heavy atom. The molecule has 0 aromatic heterocycles. The molecule has 1 heterocycles. The van der Waals surface area contributed by atoms with Gasteiger partial charge in [0, 0.05) is 6.61 Å². The van der Waals surface area contributed by atoms with Gasteiger partial charge in [-0.15, -0.1) is 0 Å². The summed E-state index contributed by atoms with van der Waals surface area (Å²) in [5.41, 5.74) is 0. The first-order chi connectivity index (χ1) is 4.75. The van der Waals surface area contributed by atoms with E-state index < -0.39 is 18.3 Å². The van der Waals surface area contributed by atoms with E-state index in [9.17, 15) is 0 Å². The van der Waals surface area contributed by atoms with Crippen LogP contribution in [0.4, 0.5) is 0 Å². The minimum atomic E-state index is -0.932. The standard InChI is InChI=1S/C6H12O4/c7-3-5-6(9)4(8)1-2-10-5/h4-9H,1-3H2/t4-,5+,6-/m0/s1. The second kappa shape index (κ2) is 3.30. The first kappa shape index (κ1) is 7.94. The molecule has 4 heteroatoms. The van der Waals surface area contributed by atoms with Crippen molar-refractivity contribution in [2.24, 2.45) is 0 Å². The normalized spacial score (nSPS) is 41.7. The molecule has 0 aromatic carbocycles. The van der Waals surface area contributed by atoms with E-state index in [1.165, 1.54) is 0 Å². The fourth-order valence-corrected chi connectivity index (χ4v) is 1.02. The number of ether oxygens (including phenoxy) is 1. The average Bonchev–Trinajstić information content (AvgIpc) is 1.95. The molecule has 1 fully saturated rings. The van der Waals surface area contributed by atoms with Crippen LogP contribution in [0.15, 0.2) is 0 Å². The Labute approximate surface area is 59.1 Å². The molecular weight excluding hydrogens is 136 g/mol. The van der Waals surface area contributed by atoms with Crippen LogP contribution in [0.3, 0.4) is 0 Å². The van der Waals surface area contributed by atoms with Crippen LogP contribution < -0.4 is 0 Å². The molecule has 0 amide bonds. The molecule has 1 saturated heterocycles. The minimum absolute atomic E-state index is 0.238. The molecule has 0 spiro atoms. The van der Waals surface area contributed by atoms with Crippen LogP contribution in [0.1, 0.15) is 6.42 Å². The highest BCUT2D eigenvalue weighted by Gasteiger charge is 2.30. The van der Waals surface area contributed by atoms with Gasteiger partial charge in [-0.3, -0.25) is 0 Å². The molecule has 1 aliphatic heterocycles. The molecule has 60 valence electrons. The molecule has 1 rings (SSSR count). The van der Waals surface area contributed by atoms with Crippen molar-refractivity contribution in [3.05, 3.63) is 0 Å². The molecular formula is C6H12O4. The lowest BCUT2D eigenvalue weighted by molar-refractivity contribution is -0.147. The van der Waals surface area contributed by atoms with Gasteiger partial charge in [0.25, 0.3) is 0 Å². The van der Waals surface area contributed by atoms with Gasteiger partial charge in [0.05, 0.1) is 12.7 Å². The Hall–Kier alpha value is -0.160. The Bertz CT molecular complexity index is 106. The molecule has 3 atom stereocenters. The second-order valence-corrected chi connectivity index (χ2v) is 2.44. The molecule has 0 radical (unpaired) electrons. The van der Waals surface area contributed by atoms with Crippen LogP contribution in [0.25, 0.3) is 0 Å². The van der Waals surface area contributed by atoms with E-state index in [0.29, 0.717) is 13.0 Å². The van der Waals surface area contributed by atoms with E-state index >= 15 is 0 Å². The van der Waals surface area contributed by atoms with E-state index in [4.69, 9.17) is 20.1 Å². The summed E-state index contributed by atoms with van der Waals surface area (Å²) in [7, 11) is 0. The van der Waals surface area contributed by atoms with Crippen molar-refractivity contribution in [3.8, 4) is 0 Å². The maximum Gasteiger partial charge on any atom is 0.109 e. The summed E-state index contributed by atoms with van der Waals surface area (Å²) in [6, 6.07) is 0. The molecule has 1 aliphatic rings. The largest absolute Gasteiger partial charge is 0.394 e. The maximum absolute atomic E-state index is 9.10. The predicted molar refractivity (Wildman–Crippen MR) is 33.5 cm³/mol. The zero-order valence-electron chi connectivity index (χ0n) is 5.60. The SMILES string of the molecule is OC[C@H]1OCC[C@H](O)[C@@H]1O. The number of aliphatic hydroxyl groups excluding tert-OH is 3. The third-order valence-electron chi connectivity index (χ3n) is 1.70. The van der Waals surface area contributed by atoms with Gasteiger partial charge in [0.1, 0.15) is 12.2 Å². The highest BCUT2D eigenvalue weighted by molar-refractivity contribution is 4.79. The molecule has 0 aliphatic carbocycles. The third kappa shape index (κ3) is 1.46. The van der Waals surface area contributed by atoms with E-state index in [2.05, 4.69) is 0 Å². The summed E-state index contributed by atoms with van der Waals surface area (Å²) < 4.78 is 4.95. The first-order valence-corrected chi connectivity index (χ1v) is 3.34. The second-order valence-electron chi connectivity index (χ2n) is 2.44. The highest BCUT2D eigenvalue weighted by atomic mass is 16.5. The molecule has 0 aromatic rings. The van der Waals surface area contributed by atoms with Gasteiger partial charge >= 0.3 is 0 Å². The zero-order chi connectivity index (χ0) is 7.56. The summed E-state index contributed by atoms with van der Waals surface area (Å²) in [6.07, 6.45) is -1.84. The van der Waals surface area contributed by atoms with Gasteiger partial charge in [-0.05, 0) is 6.42 Å². The van der Waals surface area contributed by atoms with Crippen molar-refractivity contribution in [1.29, 1.82) is 0 Å². The van der Waals surface area contributed by atoms with E-state index in [1.807, 2.05) is 0 Å². The van der Waals surface area contributed by atoms with Crippen LogP contribution >= 0.6 is 0 Å². The Kier molecular flexibility index (Phi) is 2.62. The number of rotatable bonds is 1. The lowest BCUT2D eigenvalue weighted by atomic mass is 10.0. The number of hydrogen-bond acceptors (Lipinski definition) is 4. The van der Waals surface area contributed by atoms with Gasteiger partial charge in [0.2, 0.25) is 0 Å². The van der Waals surface area contributed by atoms with Gasteiger partial charge in [-0.2, -0.15) is 0 Å². The van der Waals surface area contributed by atoms with Crippen LogP contribution in [0.2, 0.25) is 0 Å². The van der Waals surface area contributed by atoms with Crippen LogP contribution in [0, 0.1) is 0 Å².